The summed E-state index contributed by atoms with van der Waals surface area (Å²) in [7, 11) is 4.31. The quantitative estimate of drug-likeness (QED) is 0.815. The molecule has 0 aromatic heterocycles. The fourth-order valence-corrected chi connectivity index (χ4v) is 4.40. The monoisotopic (exact) mass is 295 g/mol. The molecule has 122 valence electrons. The van der Waals surface area contributed by atoms with Crippen molar-refractivity contribution in [1.82, 2.24) is 10.2 Å². The van der Waals surface area contributed by atoms with Gasteiger partial charge in [0.2, 0.25) is 5.91 Å². The summed E-state index contributed by atoms with van der Waals surface area (Å²) < 4.78 is 0. The fourth-order valence-electron chi connectivity index (χ4n) is 4.40. The molecule has 4 nitrogen and oxygen atoms in total. The third-order valence-corrected chi connectivity index (χ3v) is 5.91. The highest BCUT2D eigenvalue weighted by Gasteiger charge is 2.38. The summed E-state index contributed by atoms with van der Waals surface area (Å²) in [5, 5.41) is 3.27. The molecule has 0 radical (unpaired) electrons. The Hall–Kier alpha value is -0.610. The van der Waals surface area contributed by atoms with E-state index in [9.17, 15) is 4.79 Å². The molecule has 0 heterocycles. The number of nitrogens with zero attached hydrogens (tertiary/aromatic N) is 1. The first-order valence-corrected chi connectivity index (χ1v) is 8.64. The lowest BCUT2D eigenvalue weighted by molar-refractivity contribution is -0.126. The van der Waals surface area contributed by atoms with Gasteiger partial charge in [0.15, 0.2) is 0 Å². The summed E-state index contributed by atoms with van der Waals surface area (Å²) in [5.74, 6) is 1.53. The predicted octanol–water partition coefficient (Wildman–Crippen LogP) is 1.99. The zero-order valence-electron chi connectivity index (χ0n) is 14.0. The van der Waals surface area contributed by atoms with Crippen LogP contribution in [0.5, 0.6) is 0 Å². The summed E-state index contributed by atoms with van der Waals surface area (Å²) in [6.45, 7) is 3.77. The van der Waals surface area contributed by atoms with Crippen molar-refractivity contribution >= 4 is 5.91 Å². The summed E-state index contributed by atoms with van der Waals surface area (Å²) in [6.07, 6.45) is 8.24. The van der Waals surface area contributed by atoms with Gasteiger partial charge in [-0.25, -0.2) is 0 Å². The second-order valence-electron chi connectivity index (χ2n) is 7.57. The number of hydrogen-bond acceptors (Lipinski definition) is 3. The van der Waals surface area contributed by atoms with E-state index in [1.807, 2.05) is 0 Å². The van der Waals surface area contributed by atoms with Crippen molar-refractivity contribution in [2.75, 3.05) is 27.2 Å². The van der Waals surface area contributed by atoms with E-state index in [4.69, 9.17) is 5.73 Å². The number of likely N-dealkylation sites (N-methyl/N-ethyl adjacent to an activating group) is 1. The smallest absolute Gasteiger partial charge is 0.223 e. The molecule has 2 saturated carbocycles. The van der Waals surface area contributed by atoms with Crippen LogP contribution in [0.1, 0.15) is 51.9 Å². The third kappa shape index (κ3) is 3.78. The molecule has 2 fully saturated rings. The van der Waals surface area contributed by atoms with Crippen LogP contribution >= 0.6 is 0 Å². The van der Waals surface area contributed by atoms with E-state index in [0.717, 1.165) is 31.7 Å². The van der Waals surface area contributed by atoms with Gasteiger partial charge in [-0.05, 0) is 58.2 Å². The normalized spacial score (nSPS) is 36.9. The molecular formula is C17H33N3O. The zero-order chi connectivity index (χ0) is 15.5. The van der Waals surface area contributed by atoms with Crippen LogP contribution in [-0.2, 0) is 4.79 Å². The first-order chi connectivity index (χ1) is 9.98. The van der Waals surface area contributed by atoms with Crippen molar-refractivity contribution in [3.8, 4) is 0 Å². The van der Waals surface area contributed by atoms with Crippen LogP contribution in [0.25, 0.3) is 0 Å². The molecule has 4 unspecified atom stereocenters. The topological polar surface area (TPSA) is 58.4 Å². The summed E-state index contributed by atoms with van der Waals surface area (Å²) >= 11 is 0. The molecule has 0 aromatic rings. The first-order valence-electron chi connectivity index (χ1n) is 8.64. The van der Waals surface area contributed by atoms with Gasteiger partial charge in [-0.2, -0.15) is 0 Å². The molecule has 0 aliphatic heterocycles. The molecule has 2 rings (SSSR count). The van der Waals surface area contributed by atoms with Crippen LogP contribution in [0.3, 0.4) is 0 Å². The van der Waals surface area contributed by atoms with Crippen LogP contribution in [0.2, 0.25) is 0 Å². The summed E-state index contributed by atoms with van der Waals surface area (Å²) in [6, 6.07) is 0. The molecule has 0 spiro atoms. The molecule has 3 N–H and O–H groups in total. The lowest BCUT2D eigenvalue weighted by atomic mass is 9.75. The highest BCUT2D eigenvalue weighted by molar-refractivity contribution is 5.79. The van der Waals surface area contributed by atoms with Crippen molar-refractivity contribution < 1.29 is 4.79 Å². The molecule has 2 aliphatic carbocycles. The first kappa shape index (κ1) is 16.8. The summed E-state index contributed by atoms with van der Waals surface area (Å²) in [4.78, 5) is 14.8. The van der Waals surface area contributed by atoms with Crippen molar-refractivity contribution in [1.29, 1.82) is 0 Å². The Balaban J connectivity index is 1.94. The van der Waals surface area contributed by atoms with Crippen LogP contribution < -0.4 is 11.1 Å². The molecule has 0 aromatic carbocycles. The van der Waals surface area contributed by atoms with Gasteiger partial charge in [-0.3, -0.25) is 4.79 Å². The van der Waals surface area contributed by atoms with Crippen molar-refractivity contribution in [2.24, 2.45) is 23.5 Å². The van der Waals surface area contributed by atoms with Gasteiger partial charge >= 0.3 is 0 Å². The molecule has 21 heavy (non-hydrogen) atoms. The van der Waals surface area contributed by atoms with Crippen molar-refractivity contribution in [3.63, 3.8) is 0 Å². The molecule has 0 bridgehead atoms. The standard InChI is InChI=1S/C17H33N3O/c1-13-6-5-9-17(10-13,20(2)3)12-19-16(21)15-8-4-7-14(15)11-18/h13-15H,4-12,18H2,1-3H3,(H,19,21). The lowest BCUT2D eigenvalue weighted by Crippen LogP contribution is -2.55. The van der Waals surface area contributed by atoms with Crippen LogP contribution in [0, 0.1) is 17.8 Å². The Labute approximate surface area is 129 Å². The Bertz CT molecular complexity index is 358. The number of carbonyl (C=O) groups excluding carboxylic acids is 1. The minimum atomic E-state index is 0.143. The molecule has 0 saturated heterocycles. The molecule has 4 atom stereocenters. The van der Waals surface area contributed by atoms with Gasteiger partial charge in [-0.15, -0.1) is 0 Å². The molecular weight excluding hydrogens is 262 g/mol. The average molecular weight is 295 g/mol. The lowest BCUT2D eigenvalue weighted by Gasteiger charge is -2.45. The van der Waals surface area contributed by atoms with Gasteiger partial charge < -0.3 is 16.0 Å². The number of hydrogen-bond donors (Lipinski definition) is 2. The second kappa shape index (κ2) is 7.10. The number of nitrogens with one attached hydrogen (secondary N) is 1. The highest BCUT2D eigenvalue weighted by atomic mass is 16.1. The highest BCUT2D eigenvalue weighted by Crippen LogP contribution is 2.36. The maximum atomic E-state index is 12.5. The minimum absolute atomic E-state index is 0.143. The largest absolute Gasteiger partial charge is 0.354 e. The summed E-state index contributed by atoms with van der Waals surface area (Å²) in [5.41, 5.74) is 5.95. The zero-order valence-corrected chi connectivity index (χ0v) is 14.0. The van der Waals surface area contributed by atoms with E-state index >= 15 is 0 Å². The molecule has 2 aliphatic rings. The maximum absolute atomic E-state index is 12.5. The van der Waals surface area contributed by atoms with E-state index in [-0.39, 0.29) is 17.4 Å². The molecule has 1 amide bonds. The fraction of sp³-hybridized carbons (Fsp3) is 0.941. The number of amides is 1. The predicted molar refractivity (Wildman–Crippen MR) is 86.9 cm³/mol. The van der Waals surface area contributed by atoms with E-state index in [0.29, 0.717) is 12.5 Å². The van der Waals surface area contributed by atoms with E-state index in [2.05, 4.69) is 31.2 Å². The van der Waals surface area contributed by atoms with Gasteiger partial charge in [-0.1, -0.05) is 26.2 Å². The van der Waals surface area contributed by atoms with Crippen molar-refractivity contribution in [2.45, 2.75) is 57.4 Å². The van der Waals surface area contributed by atoms with E-state index < -0.39 is 0 Å². The average Bonchev–Trinajstić information content (AvgIpc) is 2.93. The number of nitrogens with two attached hydrogens (primary N) is 1. The van der Waals surface area contributed by atoms with E-state index in [1.165, 1.54) is 25.7 Å². The van der Waals surface area contributed by atoms with Crippen LogP contribution in [0.4, 0.5) is 0 Å². The maximum Gasteiger partial charge on any atom is 0.223 e. The Morgan fingerprint density at radius 3 is 2.67 bits per heavy atom. The van der Waals surface area contributed by atoms with Gasteiger partial charge in [0.1, 0.15) is 0 Å². The van der Waals surface area contributed by atoms with Gasteiger partial charge in [0, 0.05) is 18.0 Å². The van der Waals surface area contributed by atoms with Crippen molar-refractivity contribution in [3.05, 3.63) is 0 Å². The van der Waals surface area contributed by atoms with Gasteiger partial charge in [0.05, 0.1) is 0 Å². The third-order valence-electron chi connectivity index (χ3n) is 5.91. The minimum Gasteiger partial charge on any atom is -0.354 e. The number of carbonyl (C=O) groups is 1. The Morgan fingerprint density at radius 2 is 2.05 bits per heavy atom. The van der Waals surface area contributed by atoms with Crippen LogP contribution in [-0.4, -0.2) is 43.5 Å². The SMILES string of the molecule is CC1CCCC(CNC(=O)C2CCCC2CN)(N(C)C)C1. The van der Waals surface area contributed by atoms with Crippen LogP contribution in [0.15, 0.2) is 0 Å². The number of rotatable bonds is 5. The Morgan fingerprint density at radius 1 is 1.29 bits per heavy atom. The Kier molecular flexibility index (Phi) is 5.67. The second-order valence-corrected chi connectivity index (χ2v) is 7.57. The van der Waals surface area contributed by atoms with Gasteiger partial charge in [0.25, 0.3) is 0 Å². The molecule has 4 heteroatoms. The van der Waals surface area contributed by atoms with E-state index in [1.54, 1.807) is 0 Å².